The Hall–Kier alpha value is -1.26. The van der Waals surface area contributed by atoms with Gasteiger partial charge >= 0.3 is 12.0 Å². The second-order valence-corrected chi connectivity index (χ2v) is 4.97. The number of carboxylic acids is 1. The summed E-state index contributed by atoms with van der Waals surface area (Å²) in [5.41, 5.74) is 0. The summed E-state index contributed by atoms with van der Waals surface area (Å²) in [5.74, 6) is -0.701. The normalized spacial score (nSPS) is 16.8. The van der Waals surface area contributed by atoms with Crippen LogP contribution >= 0.6 is 0 Å². The summed E-state index contributed by atoms with van der Waals surface area (Å²) in [6.45, 7) is 5.45. The number of rotatable bonds is 7. The highest BCUT2D eigenvalue weighted by Gasteiger charge is 2.23. The van der Waals surface area contributed by atoms with Gasteiger partial charge in [-0.15, -0.1) is 0 Å². The van der Waals surface area contributed by atoms with Crippen LogP contribution in [0.15, 0.2) is 0 Å². The van der Waals surface area contributed by atoms with E-state index in [1.54, 1.807) is 4.90 Å². The minimum absolute atomic E-state index is 0.135. The number of carboxylic acid groups (broad SMARTS) is 1. The maximum atomic E-state index is 11.9. The standard InChI is InChI=1S/C13H24N2O3/c1-3-11(12(16)17)8-14-13(18)15(4-2)9-10-6-5-7-10/h10-11H,3-9H2,1-2H3,(H,14,18)(H,16,17). The molecule has 0 aromatic heterocycles. The molecule has 0 spiro atoms. The van der Waals surface area contributed by atoms with Crippen molar-refractivity contribution in [3.05, 3.63) is 0 Å². The van der Waals surface area contributed by atoms with Gasteiger partial charge in [0.1, 0.15) is 0 Å². The minimum Gasteiger partial charge on any atom is -0.481 e. The largest absolute Gasteiger partial charge is 0.481 e. The Morgan fingerprint density at radius 1 is 1.39 bits per heavy atom. The lowest BCUT2D eigenvalue weighted by Crippen LogP contribution is -2.45. The topological polar surface area (TPSA) is 69.6 Å². The molecule has 1 fully saturated rings. The van der Waals surface area contributed by atoms with Gasteiger partial charge in [0.15, 0.2) is 0 Å². The van der Waals surface area contributed by atoms with Gasteiger partial charge in [0, 0.05) is 19.6 Å². The summed E-state index contributed by atoms with van der Waals surface area (Å²) in [4.78, 5) is 24.5. The summed E-state index contributed by atoms with van der Waals surface area (Å²) >= 11 is 0. The van der Waals surface area contributed by atoms with Crippen molar-refractivity contribution in [1.29, 1.82) is 0 Å². The molecule has 1 rings (SSSR count). The molecule has 18 heavy (non-hydrogen) atoms. The van der Waals surface area contributed by atoms with Gasteiger partial charge in [-0.3, -0.25) is 4.79 Å². The van der Waals surface area contributed by atoms with Crippen molar-refractivity contribution < 1.29 is 14.7 Å². The zero-order valence-electron chi connectivity index (χ0n) is 11.3. The van der Waals surface area contributed by atoms with E-state index in [0.29, 0.717) is 18.9 Å². The summed E-state index contributed by atoms with van der Waals surface area (Å²) in [6.07, 6.45) is 4.21. The molecule has 0 bridgehead atoms. The lowest BCUT2D eigenvalue weighted by Gasteiger charge is -2.32. The number of carbonyl (C=O) groups is 2. The van der Waals surface area contributed by atoms with Gasteiger partial charge in [0.25, 0.3) is 0 Å². The number of carbonyl (C=O) groups excluding carboxylic acids is 1. The van der Waals surface area contributed by atoms with Crippen molar-refractivity contribution in [3.63, 3.8) is 0 Å². The average molecular weight is 256 g/mol. The van der Waals surface area contributed by atoms with Crippen LogP contribution in [0, 0.1) is 11.8 Å². The Bertz CT molecular complexity index is 290. The van der Waals surface area contributed by atoms with Crippen molar-refractivity contribution in [1.82, 2.24) is 10.2 Å². The molecule has 1 unspecified atom stereocenters. The second-order valence-electron chi connectivity index (χ2n) is 4.97. The molecule has 0 aromatic carbocycles. The molecule has 0 aliphatic heterocycles. The maximum absolute atomic E-state index is 11.9. The fraction of sp³-hybridized carbons (Fsp3) is 0.846. The van der Waals surface area contributed by atoms with Crippen LogP contribution in [0.3, 0.4) is 0 Å². The van der Waals surface area contributed by atoms with Crippen molar-refractivity contribution in [2.24, 2.45) is 11.8 Å². The van der Waals surface area contributed by atoms with Crippen LogP contribution < -0.4 is 5.32 Å². The second kappa shape index (κ2) is 7.24. The van der Waals surface area contributed by atoms with Crippen molar-refractivity contribution in [2.45, 2.75) is 39.5 Å². The summed E-state index contributed by atoms with van der Waals surface area (Å²) in [7, 11) is 0. The predicted octanol–water partition coefficient (Wildman–Crippen LogP) is 1.93. The molecular formula is C13H24N2O3. The molecule has 1 saturated carbocycles. The highest BCUT2D eigenvalue weighted by molar-refractivity contribution is 5.76. The van der Waals surface area contributed by atoms with Crippen LogP contribution in [0.1, 0.15) is 39.5 Å². The molecule has 5 nitrogen and oxygen atoms in total. The van der Waals surface area contributed by atoms with E-state index in [2.05, 4.69) is 5.32 Å². The quantitative estimate of drug-likeness (QED) is 0.731. The molecule has 5 heteroatoms. The SMILES string of the molecule is CCC(CNC(=O)N(CC)CC1CCC1)C(=O)O. The van der Waals surface area contributed by atoms with Crippen LogP contribution in [-0.2, 0) is 4.79 Å². The summed E-state index contributed by atoms with van der Waals surface area (Å²) in [5, 5.41) is 11.6. The van der Waals surface area contributed by atoms with Crippen molar-refractivity contribution in [2.75, 3.05) is 19.6 Å². The first-order valence-electron chi connectivity index (χ1n) is 6.84. The van der Waals surface area contributed by atoms with E-state index in [1.807, 2.05) is 13.8 Å². The van der Waals surface area contributed by atoms with Crippen LogP contribution in [0.2, 0.25) is 0 Å². The fourth-order valence-electron chi connectivity index (χ4n) is 2.07. The number of urea groups is 1. The number of hydrogen-bond donors (Lipinski definition) is 2. The predicted molar refractivity (Wildman–Crippen MR) is 69.4 cm³/mol. The summed E-state index contributed by atoms with van der Waals surface area (Å²) in [6, 6.07) is -0.135. The van der Waals surface area contributed by atoms with Gasteiger partial charge in [-0.1, -0.05) is 13.3 Å². The zero-order valence-corrected chi connectivity index (χ0v) is 11.3. The smallest absolute Gasteiger partial charge is 0.317 e. The van der Waals surface area contributed by atoms with E-state index in [-0.39, 0.29) is 12.6 Å². The molecule has 2 N–H and O–H groups in total. The first-order valence-corrected chi connectivity index (χ1v) is 6.84. The zero-order chi connectivity index (χ0) is 13.5. The number of hydrogen-bond acceptors (Lipinski definition) is 2. The maximum Gasteiger partial charge on any atom is 0.317 e. The van der Waals surface area contributed by atoms with E-state index in [4.69, 9.17) is 5.11 Å². The Morgan fingerprint density at radius 2 is 2.06 bits per heavy atom. The first-order chi connectivity index (χ1) is 8.58. The monoisotopic (exact) mass is 256 g/mol. The third-order valence-corrected chi connectivity index (χ3v) is 3.71. The number of nitrogens with zero attached hydrogens (tertiary/aromatic N) is 1. The first kappa shape index (κ1) is 14.8. The highest BCUT2D eigenvalue weighted by Crippen LogP contribution is 2.26. The van der Waals surface area contributed by atoms with Gasteiger partial charge in [-0.25, -0.2) is 4.79 Å². The molecule has 0 saturated heterocycles. The van der Waals surface area contributed by atoms with E-state index in [0.717, 1.165) is 6.54 Å². The van der Waals surface area contributed by atoms with E-state index in [1.165, 1.54) is 19.3 Å². The Balaban J connectivity index is 2.34. The molecule has 2 amide bonds. The van der Waals surface area contributed by atoms with Gasteiger partial charge in [0.2, 0.25) is 0 Å². The van der Waals surface area contributed by atoms with Crippen LogP contribution in [0.5, 0.6) is 0 Å². The number of aliphatic carboxylic acids is 1. The van der Waals surface area contributed by atoms with E-state index in [9.17, 15) is 9.59 Å². The van der Waals surface area contributed by atoms with Gasteiger partial charge in [-0.05, 0) is 32.1 Å². The molecule has 0 heterocycles. The van der Waals surface area contributed by atoms with Gasteiger partial charge < -0.3 is 15.3 Å². The van der Waals surface area contributed by atoms with Crippen molar-refractivity contribution in [3.8, 4) is 0 Å². The average Bonchev–Trinajstić information content (AvgIpc) is 2.28. The molecule has 0 radical (unpaired) electrons. The molecular weight excluding hydrogens is 232 g/mol. The lowest BCUT2D eigenvalue weighted by atomic mass is 9.85. The number of nitrogens with one attached hydrogen (secondary N) is 1. The van der Waals surface area contributed by atoms with E-state index >= 15 is 0 Å². The Labute approximate surface area is 109 Å². The lowest BCUT2D eigenvalue weighted by molar-refractivity contribution is -0.141. The molecule has 1 aliphatic rings. The van der Waals surface area contributed by atoms with Crippen LogP contribution in [0.25, 0.3) is 0 Å². The molecule has 0 aromatic rings. The van der Waals surface area contributed by atoms with Crippen LogP contribution in [0.4, 0.5) is 4.79 Å². The Morgan fingerprint density at radius 3 is 2.44 bits per heavy atom. The Kier molecular flexibility index (Phi) is 5.95. The molecule has 1 atom stereocenters. The van der Waals surface area contributed by atoms with Crippen molar-refractivity contribution >= 4 is 12.0 Å². The third kappa shape index (κ3) is 4.20. The van der Waals surface area contributed by atoms with E-state index < -0.39 is 11.9 Å². The van der Waals surface area contributed by atoms with Gasteiger partial charge in [0.05, 0.1) is 5.92 Å². The molecule has 1 aliphatic carbocycles. The van der Waals surface area contributed by atoms with Gasteiger partial charge in [-0.2, -0.15) is 0 Å². The number of amides is 2. The fourth-order valence-corrected chi connectivity index (χ4v) is 2.07. The minimum atomic E-state index is -0.847. The highest BCUT2D eigenvalue weighted by atomic mass is 16.4. The third-order valence-electron chi connectivity index (χ3n) is 3.71. The van der Waals surface area contributed by atoms with Crippen LogP contribution in [-0.4, -0.2) is 41.6 Å². The molecule has 104 valence electrons. The summed E-state index contributed by atoms with van der Waals surface area (Å²) < 4.78 is 0.